The van der Waals surface area contributed by atoms with E-state index in [1.807, 2.05) is 0 Å². The quantitative estimate of drug-likeness (QED) is 0.848. The molecule has 0 bridgehead atoms. The van der Waals surface area contributed by atoms with Crippen LogP contribution in [0.3, 0.4) is 0 Å². The number of nitrogens with zero attached hydrogens (tertiary/aromatic N) is 1. The minimum Gasteiger partial charge on any atom is -0.393 e. The third kappa shape index (κ3) is 4.59. The molecule has 0 aromatic heterocycles. The minimum absolute atomic E-state index is 0.110. The molecule has 128 valence electrons. The summed E-state index contributed by atoms with van der Waals surface area (Å²) in [5.41, 5.74) is 5.23. The van der Waals surface area contributed by atoms with Gasteiger partial charge in [0.2, 0.25) is 0 Å². The van der Waals surface area contributed by atoms with E-state index in [0.717, 1.165) is 45.4 Å². The van der Waals surface area contributed by atoms with Crippen molar-refractivity contribution in [1.82, 2.24) is 4.90 Å². The zero-order valence-electron chi connectivity index (χ0n) is 14.5. The second-order valence-electron chi connectivity index (χ2n) is 6.69. The molecule has 1 saturated heterocycles. The molecule has 2 aromatic rings. The molecule has 1 aliphatic rings. The van der Waals surface area contributed by atoms with Crippen LogP contribution in [0.25, 0.3) is 0 Å². The monoisotopic (exact) mass is 324 g/mol. The van der Waals surface area contributed by atoms with Gasteiger partial charge in [0.1, 0.15) is 0 Å². The van der Waals surface area contributed by atoms with Crippen molar-refractivity contribution < 1.29 is 5.11 Å². The number of likely N-dealkylation sites (tertiary alicyclic amines) is 1. The Morgan fingerprint density at radius 1 is 1.00 bits per heavy atom. The molecule has 0 amide bonds. The van der Waals surface area contributed by atoms with Gasteiger partial charge in [0.25, 0.3) is 0 Å². The highest BCUT2D eigenvalue weighted by atomic mass is 16.3. The molecule has 0 aliphatic carbocycles. The van der Waals surface area contributed by atoms with E-state index in [1.165, 1.54) is 22.4 Å². The van der Waals surface area contributed by atoms with Crippen LogP contribution in [0.2, 0.25) is 0 Å². The van der Waals surface area contributed by atoms with Crippen LogP contribution < -0.4 is 5.32 Å². The van der Waals surface area contributed by atoms with E-state index >= 15 is 0 Å². The molecule has 1 fully saturated rings. The Morgan fingerprint density at radius 3 is 2.38 bits per heavy atom. The molecule has 24 heavy (non-hydrogen) atoms. The standard InChI is InChI=1S/C21H28N2O/c1-2-17-7-9-18(10-8-17)15-22-21-6-4-3-5-19(21)16-23-13-11-20(24)12-14-23/h3-10,20,22,24H,2,11-16H2,1H3. The summed E-state index contributed by atoms with van der Waals surface area (Å²) in [4.78, 5) is 2.43. The second kappa shape index (κ2) is 8.32. The Kier molecular flexibility index (Phi) is 5.89. The van der Waals surface area contributed by atoms with Gasteiger partial charge >= 0.3 is 0 Å². The molecule has 2 aromatic carbocycles. The average molecular weight is 324 g/mol. The van der Waals surface area contributed by atoms with Crippen molar-refractivity contribution in [2.45, 2.75) is 45.4 Å². The van der Waals surface area contributed by atoms with E-state index in [9.17, 15) is 5.11 Å². The lowest BCUT2D eigenvalue weighted by Gasteiger charge is -2.30. The lowest BCUT2D eigenvalue weighted by molar-refractivity contribution is 0.0793. The van der Waals surface area contributed by atoms with Gasteiger partial charge in [-0.05, 0) is 42.0 Å². The largest absolute Gasteiger partial charge is 0.393 e. The van der Waals surface area contributed by atoms with Crippen molar-refractivity contribution in [2.24, 2.45) is 0 Å². The van der Waals surface area contributed by atoms with Crippen LogP contribution >= 0.6 is 0 Å². The van der Waals surface area contributed by atoms with Crippen LogP contribution in [-0.4, -0.2) is 29.2 Å². The van der Waals surface area contributed by atoms with Crippen LogP contribution in [0.1, 0.15) is 36.5 Å². The normalized spacial score (nSPS) is 16.2. The maximum absolute atomic E-state index is 9.66. The van der Waals surface area contributed by atoms with E-state index in [4.69, 9.17) is 0 Å². The van der Waals surface area contributed by atoms with Gasteiger partial charge in [-0.15, -0.1) is 0 Å². The fraction of sp³-hybridized carbons (Fsp3) is 0.429. The van der Waals surface area contributed by atoms with E-state index < -0.39 is 0 Å². The summed E-state index contributed by atoms with van der Waals surface area (Å²) in [6, 6.07) is 17.4. The van der Waals surface area contributed by atoms with Crippen molar-refractivity contribution in [3.05, 3.63) is 65.2 Å². The minimum atomic E-state index is -0.110. The van der Waals surface area contributed by atoms with Crippen molar-refractivity contribution in [3.8, 4) is 0 Å². The molecule has 0 saturated carbocycles. The van der Waals surface area contributed by atoms with Crippen molar-refractivity contribution in [3.63, 3.8) is 0 Å². The Balaban J connectivity index is 1.61. The van der Waals surface area contributed by atoms with Gasteiger partial charge in [0.15, 0.2) is 0 Å². The highest BCUT2D eigenvalue weighted by Crippen LogP contribution is 2.21. The Labute approximate surface area is 145 Å². The van der Waals surface area contributed by atoms with Crippen LogP contribution in [0.4, 0.5) is 5.69 Å². The molecule has 0 spiro atoms. The summed E-state index contributed by atoms with van der Waals surface area (Å²) in [7, 11) is 0. The summed E-state index contributed by atoms with van der Waals surface area (Å²) in [5, 5.41) is 13.2. The first-order chi connectivity index (χ1) is 11.7. The number of nitrogens with one attached hydrogen (secondary N) is 1. The van der Waals surface area contributed by atoms with Gasteiger partial charge in [-0.1, -0.05) is 49.4 Å². The number of benzene rings is 2. The van der Waals surface area contributed by atoms with Gasteiger partial charge in [0.05, 0.1) is 6.10 Å². The number of anilines is 1. The van der Waals surface area contributed by atoms with Crippen LogP contribution in [-0.2, 0) is 19.5 Å². The third-order valence-corrected chi connectivity index (χ3v) is 4.88. The van der Waals surface area contributed by atoms with E-state index in [0.29, 0.717) is 0 Å². The molecular formula is C21H28N2O. The number of rotatable bonds is 6. The molecule has 3 heteroatoms. The molecule has 3 nitrogen and oxygen atoms in total. The average Bonchev–Trinajstić information content (AvgIpc) is 2.63. The lowest BCUT2D eigenvalue weighted by atomic mass is 10.1. The Bertz CT molecular complexity index is 631. The Hall–Kier alpha value is -1.84. The smallest absolute Gasteiger partial charge is 0.0564 e. The highest BCUT2D eigenvalue weighted by Gasteiger charge is 2.17. The predicted molar refractivity (Wildman–Crippen MR) is 100 cm³/mol. The molecule has 0 atom stereocenters. The maximum atomic E-state index is 9.66. The fourth-order valence-corrected chi connectivity index (χ4v) is 3.24. The molecule has 0 radical (unpaired) electrons. The number of hydrogen-bond donors (Lipinski definition) is 2. The molecule has 1 heterocycles. The number of hydrogen-bond acceptors (Lipinski definition) is 3. The van der Waals surface area contributed by atoms with Crippen molar-refractivity contribution in [2.75, 3.05) is 18.4 Å². The summed E-state index contributed by atoms with van der Waals surface area (Å²) < 4.78 is 0. The Morgan fingerprint density at radius 2 is 1.67 bits per heavy atom. The SMILES string of the molecule is CCc1ccc(CNc2ccccc2CN2CCC(O)CC2)cc1. The number of aryl methyl sites for hydroxylation is 1. The van der Waals surface area contributed by atoms with Crippen LogP contribution in [0, 0.1) is 0 Å². The topological polar surface area (TPSA) is 35.5 Å². The van der Waals surface area contributed by atoms with Gasteiger partial charge in [-0.25, -0.2) is 0 Å². The molecular weight excluding hydrogens is 296 g/mol. The van der Waals surface area contributed by atoms with Crippen LogP contribution in [0.15, 0.2) is 48.5 Å². The van der Waals surface area contributed by atoms with Gasteiger partial charge in [0, 0.05) is 31.9 Å². The summed E-state index contributed by atoms with van der Waals surface area (Å²) >= 11 is 0. The summed E-state index contributed by atoms with van der Waals surface area (Å²) in [6.45, 7) is 5.94. The summed E-state index contributed by atoms with van der Waals surface area (Å²) in [6.07, 6.45) is 2.75. The number of para-hydroxylation sites is 1. The first-order valence-electron chi connectivity index (χ1n) is 9.04. The molecule has 1 aliphatic heterocycles. The second-order valence-corrected chi connectivity index (χ2v) is 6.69. The molecule has 3 rings (SSSR count). The van der Waals surface area contributed by atoms with E-state index in [-0.39, 0.29) is 6.10 Å². The first kappa shape index (κ1) is 17.0. The van der Waals surface area contributed by atoms with Gasteiger partial charge < -0.3 is 10.4 Å². The zero-order valence-corrected chi connectivity index (χ0v) is 14.5. The molecule has 2 N–H and O–H groups in total. The highest BCUT2D eigenvalue weighted by molar-refractivity contribution is 5.51. The number of aliphatic hydroxyl groups is 1. The van der Waals surface area contributed by atoms with Crippen molar-refractivity contribution in [1.29, 1.82) is 0 Å². The predicted octanol–water partition coefficient (Wildman–Crippen LogP) is 3.82. The fourth-order valence-electron chi connectivity index (χ4n) is 3.24. The number of aliphatic hydroxyl groups excluding tert-OH is 1. The van der Waals surface area contributed by atoms with E-state index in [1.54, 1.807) is 0 Å². The zero-order chi connectivity index (χ0) is 16.8. The lowest BCUT2D eigenvalue weighted by Crippen LogP contribution is -2.35. The van der Waals surface area contributed by atoms with E-state index in [2.05, 4.69) is 65.7 Å². The van der Waals surface area contributed by atoms with Crippen LogP contribution in [0.5, 0.6) is 0 Å². The maximum Gasteiger partial charge on any atom is 0.0564 e. The van der Waals surface area contributed by atoms with Gasteiger partial charge in [-0.2, -0.15) is 0 Å². The van der Waals surface area contributed by atoms with Crippen molar-refractivity contribution >= 4 is 5.69 Å². The summed E-state index contributed by atoms with van der Waals surface area (Å²) in [5.74, 6) is 0. The van der Waals surface area contributed by atoms with Gasteiger partial charge in [-0.3, -0.25) is 4.90 Å². The third-order valence-electron chi connectivity index (χ3n) is 4.88. The molecule has 0 unspecified atom stereocenters. The first-order valence-corrected chi connectivity index (χ1v) is 9.04. The number of piperidine rings is 1.